The molecule has 0 bridgehead atoms. The lowest BCUT2D eigenvalue weighted by Crippen LogP contribution is -2.35. The molecule has 8 heteroatoms. The molecule has 0 unspecified atom stereocenters. The van der Waals surface area contributed by atoms with Crippen molar-refractivity contribution in [1.29, 1.82) is 0 Å². The van der Waals surface area contributed by atoms with Crippen LogP contribution in [0.3, 0.4) is 0 Å². The van der Waals surface area contributed by atoms with Crippen molar-refractivity contribution in [2.45, 2.75) is 39.7 Å². The molecule has 0 aliphatic heterocycles. The number of hydrogen-bond donors (Lipinski definition) is 3. The maximum absolute atomic E-state index is 12.3. The summed E-state index contributed by atoms with van der Waals surface area (Å²) in [6.45, 7) is 8.57. The third-order valence-corrected chi connectivity index (χ3v) is 3.60. The smallest absolute Gasteiger partial charge is 0.252 e. The second kappa shape index (κ2) is 7.76. The number of carbonyl (C=O) groups is 1. The van der Waals surface area contributed by atoms with Gasteiger partial charge in [0.05, 0.1) is 0 Å². The van der Waals surface area contributed by atoms with E-state index < -0.39 is 0 Å². The van der Waals surface area contributed by atoms with E-state index in [4.69, 9.17) is 0 Å². The van der Waals surface area contributed by atoms with Crippen molar-refractivity contribution in [3.8, 4) is 0 Å². The molecule has 1 amide bonds. The lowest BCUT2D eigenvalue weighted by atomic mass is 10.2. The summed E-state index contributed by atoms with van der Waals surface area (Å²) in [5, 5.41) is 5.85. The fourth-order valence-corrected chi connectivity index (χ4v) is 2.40. The Bertz CT molecular complexity index is 749. The van der Waals surface area contributed by atoms with Crippen molar-refractivity contribution in [2.75, 3.05) is 18.4 Å². The van der Waals surface area contributed by atoms with Crippen LogP contribution in [0, 0.1) is 6.92 Å². The molecule has 0 aliphatic carbocycles. The maximum Gasteiger partial charge on any atom is 0.252 e. The number of rotatable bonds is 7. The lowest BCUT2D eigenvalue weighted by Gasteiger charge is -2.18. The van der Waals surface area contributed by atoms with Crippen LogP contribution in [0.2, 0.25) is 0 Å². The number of anilines is 1. The number of nitrogens with one attached hydrogen (secondary N) is 3. The van der Waals surface area contributed by atoms with Gasteiger partial charge in [0, 0.05) is 43.2 Å². The van der Waals surface area contributed by atoms with Crippen LogP contribution < -0.4 is 16.2 Å². The summed E-state index contributed by atoms with van der Waals surface area (Å²) in [7, 11) is 0. The van der Waals surface area contributed by atoms with E-state index in [2.05, 4.69) is 25.6 Å². The van der Waals surface area contributed by atoms with Gasteiger partial charge in [0.15, 0.2) is 0 Å². The summed E-state index contributed by atoms with van der Waals surface area (Å²) in [6.07, 6.45) is 3.53. The Hall–Kier alpha value is -2.64. The molecule has 2 aromatic rings. The van der Waals surface area contributed by atoms with Gasteiger partial charge in [0.2, 0.25) is 11.9 Å². The molecule has 0 fully saturated rings. The number of hydrogen-bond acceptors (Lipinski definition) is 5. The zero-order chi connectivity index (χ0) is 17.7. The molecule has 2 heterocycles. The number of H-pyrrole nitrogens is 1. The molecular weight excluding hydrogens is 308 g/mol. The minimum absolute atomic E-state index is 0.0811. The van der Waals surface area contributed by atoms with Crippen molar-refractivity contribution in [3.05, 3.63) is 40.3 Å². The van der Waals surface area contributed by atoms with E-state index >= 15 is 0 Å². The van der Waals surface area contributed by atoms with Crippen molar-refractivity contribution in [2.24, 2.45) is 0 Å². The van der Waals surface area contributed by atoms with Crippen LogP contribution in [-0.2, 0) is 4.79 Å². The molecule has 2 rings (SSSR count). The Labute approximate surface area is 140 Å². The van der Waals surface area contributed by atoms with Crippen LogP contribution in [0.1, 0.15) is 44.2 Å². The van der Waals surface area contributed by atoms with E-state index in [0.29, 0.717) is 24.7 Å². The summed E-state index contributed by atoms with van der Waals surface area (Å²) >= 11 is 0. The number of carbonyl (C=O) groups excluding carboxylic acids is 1. The van der Waals surface area contributed by atoms with E-state index in [9.17, 15) is 9.59 Å². The van der Waals surface area contributed by atoms with Gasteiger partial charge in [-0.3, -0.25) is 14.6 Å². The molecule has 24 heavy (non-hydrogen) atoms. The molecule has 0 saturated carbocycles. The minimum Gasteiger partial charge on any atom is -0.354 e. The highest BCUT2D eigenvalue weighted by molar-refractivity contribution is 5.80. The SMILES string of the molecule is Cc1cc(=O)[nH]c(NCCNC(=O)[C@@H](C)n2ccnc2C(C)C)n1. The zero-order valence-electron chi connectivity index (χ0n) is 14.5. The molecule has 3 N–H and O–H groups in total. The Morgan fingerprint density at radius 1 is 1.33 bits per heavy atom. The fraction of sp³-hybridized carbons (Fsp3) is 0.500. The van der Waals surface area contributed by atoms with E-state index in [-0.39, 0.29) is 23.4 Å². The monoisotopic (exact) mass is 332 g/mol. The first-order chi connectivity index (χ1) is 11.4. The highest BCUT2D eigenvalue weighted by Gasteiger charge is 2.18. The number of nitrogens with zero attached hydrogens (tertiary/aromatic N) is 3. The van der Waals surface area contributed by atoms with Crippen molar-refractivity contribution in [1.82, 2.24) is 24.8 Å². The summed E-state index contributed by atoms with van der Waals surface area (Å²) in [5.41, 5.74) is 0.434. The molecule has 0 aliphatic rings. The first kappa shape index (κ1) is 17.7. The third kappa shape index (κ3) is 4.43. The molecule has 8 nitrogen and oxygen atoms in total. The Kier molecular flexibility index (Phi) is 5.73. The Morgan fingerprint density at radius 3 is 2.75 bits per heavy atom. The quantitative estimate of drug-likeness (QED) is 0.661. The van der Waals surface area contributed by atoms with Crippen molar-refractivity contribution >= 4 is 11.9 Å². The Morgan fingerprint density at radius 2 is 2.08 bits per heavy atom. The highest BCUT2D eigenvalue weighted by Crippen LogP contribution is 2.17. The molecule has 0 radical (unpaired) electrons. The summed E-state index contributed by atoms with van der Waals surface area (Å²) in [5.74, 6) is 1.46. The van der Waals surface area contributed by atoms with Gasteiger partial charge in [-0.2, -0.15) is 0 Å². The predicted molar refractivity (Wildman–Crippen MR) is 92.1 cm³/mol. The van der Waals surface area contributed by atoms with Crippen LogP contribution in [0.4, 0.5) is 5.95 Å². The molecule has 0 saturated heterocycles. The van der Waals surface area contributed by atoms with Gasteiger partial charge in [-0.05, 0) is 13.8 Å². The topological polar surface area (TPSA) is 105 Å². The molecule has 0 spiro atoms. The van der Waals surface area contributed by atoms with E-state index in [1.54, 1.807) is 13.1 Å². The van der Waals surface area contributed by atoms with Crippen LogP contribution in [0.5, 0.6) is 0 Å². The molecule has 1 atom stereocenters. The number of aryl methyl sites for hydroxylation is 1. The second-order valence-electron chi connectivity index (χ2n) is 5.98. The average molecular weight is 332 g/mol. The van der Waals surface area contributed by atoms with Gasteiger partial charge in [-0.25, -0.2) is 9.97 Å². The van der Waals surface area contributed by atoms with Crippen LogP contribution in [0.25, 0.3) is 0 Å². The molecular formula is C16H24N6O2. The first-order valence-corrected chi connectivity index (χ1v) is 8.00. The van der Waals surface area contributed by atoms with Crippen molar-refractivity contribution < 1.29 is 4.79 Å². The van der Waals surface area contributed by atoms with Gasteiger partial charge in [0.1, 0.15) is 11.9 Å². The maximum atomic E-state index is 12.3. The molecule has 2 aromatic heterocycles. The van der Waals surface area contributed by atoms with Crippen LogP contribution in [-0.4, -0.2) is 38.5 Å². The fourth-order valence-electron chi connectivity index (χ4n) is 2.40. The van der Waals surface area contributed by atoms with Gasteiger partial charge in [-0.1, -0.05) is 13.8 Å². The van der Waals surface area contributed by atoms with Crippen LogP contribution >= 0.6 is 0 Å². The van der Waals surface area contributed by atoms with E-state index in [1.807, 2.05) is 31.5 Å². The second-order valence-corrected chi connectivity index (χ2v) is 5.98. The van der Waals surface area contributed by atoms with Gasteiger partial charge in [-0.15, -0.1) is 0 Å². The first-order valence-electron chi connectivity index (χ1n) is 8.00. The molecule has 130 valence electrons. The third-order valence-electron chi connectivity index (χ3n) is 3.60. The Balaban J connectivity index is 1.84. The molecule has 0 aromatic carbocycles. The average Bonchev–Trinajstić information content (AvgIpc) is 2.99. The van der Waals surface area contributed by atoms with Gasteiger partial charge in [0.25, 0.3) is 5.56 Å². The van der Waals surface area contributed by atoms with Gasteiger partial charge < -0.3 is 15.2 Å². The summed E-state index contributed by atoms with van der Waals surface area (Å²) < 4.78 is 1.88. The summed E-state index contributed by atoms with van der Waals surface area (Å²) in [6, 6.07) is 1.09. The number of imidazole rings is 1. The normalized spacial score (nSPS) is 12.2. The lowest BCUT2D eigenvalue weighted by molar-refractivity contribution is -0.123. The number of aromatic amines is 1. The zero-order valence-corrected chi connectivity index (χ0v) is 14.5. The predicted octanol–water partition coefficient (Wildman–Crippen LogP) is 1.19. The van der Waals surface area contributed by atoms with Crippen LogP contribution in [0.15, 0.2) is 23.3 Å². The highest BCUT2D eigenvalue weighted by atomic mass is 16.2. The van der Waals surface area contributed by atoms with Gasteiger partial charge >= 0.3 is 0 Å². The van der Waals surface area contributed by atoms with E-state index in [1.165, 1.54) is 6.07 Å². The number of amides is 1. The largest absolute Gasteiger partial charge is 0.354 e. The van der Waals surface area contributed by atoms with E-state index in [0.717, 1.165) is 5.82 Å². The number of aromatic nitrogens is 4. The van der Waals surface area contributed by atoms with Crippen molar-refractivity contribution in [3.63, 3.8) is 0 Å². The standard InChI is InChI=1S/C16H24N6O2/c1-10(2)14-17-7-8-22(14)12(4)15(24)18-5-6-19-16-20-11(3)9-13(23)21-16/h7-10,12H,5-6H2,1-4H3,(H,18,24)(H2,19,20,21,23)/t12-/m1/s1. The summed E-state index contributed by atoms with van der Waals surface area (Å²) in [4.78, 5) is 34.7. The minimum atomic E-state index is -0.332.